The van der Waals surface area contributed by atoms with E-state index in [2.05, 4.69) is 176 Å². The van der Waals surface area contributed by atoms with Crippen LogP contribution in [-0.2, 0) is 0 Å². The van der Waals surface area contributed by atoms with E-state index in [-0.39, 0.29) is 0 Å². The molecule has 0 saturated carbocycles. The second-order valence-electron chi connectivity index (χ2n) is 15.1. The van der Waals surface area contributed by atoms with Crippen LogP contribution < -0.4 is 0 Å². The number of fused-ring (bicyclic) bond motifs is 7. The second kappa shape index (κ2) is 14.0. The molecule has 280 valence electrons. The Morgan fingerprint density at radius 1 is 0.300 bits per heavy atom. The average Bonchev–Trinajstić information content (AvgIpc) is 3.90. The van der Waals surface area contributed by atoms with Crippen molar-refractivity contribution in [2.75, 3.05) is 0 Å². The van der Waals surface area contributed by atoms with Gasteiger partial charge in [-0.1, -0.05) is 164 Å². The molecule has 4 nitrogen and oxygen atoms in total. The van der Waals surface area contributed by atoms with Gasteiger partial charge in [-0.05, 0) is 75.0 Å². The van der Waals surface area contributed by atoms with E-state index in [9.17, 15) is 0 Å². The minimum atomic E-state index is 0.581. The second-order valence-corrected chi connectivity index (χ2v) is 16.2. The zero-order chi connectivity index (χ0) is 39.6. The zero-order valence-corrected chi connectivity index (χ0v) is 33.0. The Morgan fingerprint density at radius 3 is 1.63 bits per heavy atom. The first-order valence-electron chi connectivity index (χ1n) is 20.1. The van der Waals surface area contributed by atoms with Crippen molar-refractivity contribution in [1.29, 1.82) is 0 Å². The lowest BCUT2D eigenvalue weighted by molar-refractivity contribution is 0.669. The first kappa shape index (κ1) is 34.3. The molecule has 3 aromatic heterocycles. The van der Waals surface area contributed by atoms with Gasteiger partial charge in [0.1, 0.15) is 11.2 Å². The van der Waals surface area contributed by atoms with Crippen LogP contribution in [0.2, 0.25) is 0 Å². The van der Waals surface area contributed by atoms with Crippen molar-refractivity contribution in [3.05, 3.63) is 200 Å². The number of nitrogens with zero attached hydrogens (tertiary/aromatic N) is 3. The topological polar surface area (TPSA) is 51.8 Å². The van der Waals surface area contributed by atoms with Crippen LogP contribution in [0.3, 0.4) is 0 Å². The monoisotopic (exact) mass is 783 g/mol. The van der Waals surface area contributed by atoms with Crippen molar-refractivity contribution in [2.45, 2.75) is 0 Å². The average molecular weight is 784 g/mol. The van der Waals surface area contributed by atoms with Crippen LogP contribution in [-0.4, -0.2) is 15.0 Å². The molecule has 0 fully saturated rings. The quantitative estimate of drug-likeness (QED) is 0.169. The maximum absolute atomic E-state index is 6.34. The molecule has 0 aliphatic rings. The molecule has 0 aliphatic carbocycles. The molecule has 9 aromatic carbocycles. The Labute approximate surface area is 349 Å². The van der Waals surface area contributed by atoms with Crippen LogP contribution in [0.1, 0.15) is 0 Å². The first-order valence-corrected chi connectivity index (χ1v) is 20.9. The molecule has 12 rings (SSSR count). The predicted molar refractivity (Wildman–Crippen MR) is 250 cm³/mol. The maximum Gasteiger partial charge on any atom is 0.164 e. The molecule has 0 aliphatic heterocycles. The number of benzene rings is 9. The van der Waals surface area contributed by atoms with Crippen molar-refractivity contribution in [2.24, 2.45) is 0 Å². The van der Waals surface area contributed by atoms with Gasteiger partial charge in [-0.25, -0.2) is 15.0 Å². The first-order chi connectivity index (χ1) is 29.7. The maximum atomic E-state index is 6.34. The molecular weight excluding hydrogens is 751 g/mol. The number of hydrogen-bond donors (Lipinski definition) is 0. The highest BCUT2D eigenvalue weighted by atomic mass is 32.1. The Morgan fingerprint density at radius 2 is 0.850 bits per heavy atom. The predicted octanol–water partition coefficient (Wildman–Crippen LogP) is 15.3. The van der Waals surface area contributed by atoms with Crippen LogP contribution in [0.25, 0.3) is 120 Å². The SMILES string of the molecule is c1ccc(-c2cccc(-c3nc(-c4cc(-c5cccc6c5sc5c(-c7ccccc7)cccc56)c5ccccc5c4)nc(-c4ccc5c(c4)oc4ccccc45)n3)c2)cc1. The highest BCUT2D eigenvalue weighted by Gasteiger charge is 2.19. The molecule has 0 saturated heterocycles. The summed E-state index contributed by atoms with van der Waals surface area (Å²) in [6.45, 7) is 0. The lowest BCUT2D eigenvalue weighted by Crippen LogP contribution is -2.00. The molecule has 0 atom stereocenters. The highest BCUT2D eigenvalue weighted by Crippen LogP contribution is 2.46. The van der Waals surface area contributed by atoms with Gasteiger partial charge in [0.25, 0.3) is 0 Å². The fraction of sp³-hybridized carbons (Fsp3) is 0. The van der Waals surface area contributed by atoms with Gasteiger partial charge in [0.05, 0.1) is 0 Å². The van der Waals surface area contributed by atoms with Crippen molar-refractivity contribution >= 4 is 64.2 Å². The Bertz CT molecular complexity index is 3610. The van der Waals surface area contributed by atoms with Gasteiger partial charge in [-0.3, -0.25) is 0 Å². The van der Waals surface area contributed by atoms with E-state index in [1.165, 1.54) is 42.2 Å². The van der Waals surface area contributed by atoms with Gasteiger partial charge in [0.15, 0.2) is 17.5 Å². The van der Waals surface area contributed by atoms with Crippen LogP contribution in [0.4, 0.5) is 0 Å². The minimum Gasteiger partial charge on any atom is -0.456 e. The van der Waals surface area contributed by atoms with Crippen LogP contribution in [0.5, 0.6) is 0 Å². The zero-order valence-electron chi connectivity index (χ0n) is 32.2. The molecule has 0 bridgehead atoms. The number of aromatic nitrogens is 3. The molecule has 12 aromatic rings. The van der Waals surface area contributed by atoms with Gasteiger partial charge in [0, 0.05) is 53.2 Å². The van der Waals surface area contributed by atoms with Gasteiger partial charge in [-0.15, -0.1) is 11.3 Å². The third-order valence-corrected chi connectivity index (χ3v) is 12.8. The summed E-state index contributed by atoms with van der Waals surface area (Å²) in [4.78, 5) is 15.7. The fourth-order valence-electron chi connectivity index (χ4n) is 8.64. The van der Waals surface area contributed by atoms with E-state index in [0.717, 1.165) is 60.7 Å². The Kier molecular flexibility index (Phi) is 8.00. The van der Waals surface area contributed by atoms with Crippen molar-refractivity contribution in [1.82, 2.24) is 15.0 Å². The van der Waals surface area contributed by atoms with E-state index in [4.69, 9.17) is 19.4 Å². The van der Waals surface area contributed by atoms with E-state index >= 15 is 0 Å². The third-order valence-electron chi connectivity index (χ3n) is 11.5. The number of hydrogen-bond acceptors (Lipinski definition) is 5. The van der Waals surface area contributed by atoms with Crippen molar-refractivity contribution in [3.8, 4) is 67.5 Å². The number of para-hydroxylation sites is 1. The number of rotatable bonds is 6. The fourth-order valence-corrected chi connectivity index (χ4v) is 10.0. The molecule has 0 amide bonds. The number of furan rings is 1. The Hall–Kier alpha value is -7.73. The normalized spacial score (nSPS) is 11.7. The van der Waals surface area contributed by atoms with Crippen LogP contribution >= 0.6 is 11.3 Å². The summed E-state index contributed by atoms with van der Waals surface area (Å²) in [5.74, 6) is 1.79. The lowest BCUT2D eigenvalue weighted by Gasteiger charge is -2.13. The summed E-state index contributed by atoms with van der Waals surface area (Å²) in [5, 5.41) is 6.96. The third kappa shape index (κ3) is 5.78. The molecule has 3 heterocycles. The van der Waals surface area contributed by atoms with Crippen molar-refractivity contribution < 1.29 is 4.42 Å². The summed E-state index contributed by atoms with van der Waals surface area (Å²) >= 11 is 1.87. The van der Waals surface area contributed by atoms with E-state index in [0.29, 0.717) is 17.5 Å². The highest BCUT2D eigenvalue weighted by molar-refractivity contribution is 7.26. The van der Waals surface area contributed by atoms with Crippen LogP contribution in [0, 0.1) is 0 Å². The van der Waals surface area contributed by atoms with E-state index < -0.39 is 0 Å². The standard InChI is InChI=1S/C55H33N3OS/c1-3-14-34(15-4-1)36-19-11-20-38(30-36)53-56-54(39-28-29-44-43-22-9-10-27-49(43)59-50(44)33-39)58-55(57-53)40-31-37-18-7-8-21-41(37)48(32-40)47-26-13-25-46-45-24-12-23-42(51(45)60-52(46)47)35-16-5-2-6-17-35/h1-33H. The van der Waals surface area contributed by atoms with Crippen LogP contribution in [0.15, 0.2) is 205 Å². The van der Waals surface area contributed by atoms with E-state index in [1.54, 1.807) is 0 Å². The molecule has 0 radical (unpaired) electrons. The van der Waals surface area contributed by atoms with Gasteiger partial charge in [-0.2, -0.15) is 0 Å². The van der Waals surface area contributed by atoms with Crippen molar-refractivity contribution in [3.63, 3.8) is 0 Å². The summed E-state index contributed by atoms with van der Waals surface area (Å²) in [6.07, 6.45) is 0. The van der Waals surface area contributed by atoms with Gasteiger partial charge < -0.3 is 4.42 Å². The molecule has 0 spiro atoms. The summed E-state index contributed by atoms with van der Waals surface area (Å²) in [5.41, 5.74) is 11.4. The largest absolute Gasteiger partial charge is 0.456 e. The molecule has 0 unspecified atom stereocenters. The van der Waals surface area contributed by atoms with E-state index in [1.807, 2.05) is 35.6 Å². The molecule has 0 N–H and O–H groups in total. The summed E-state index contributed by atoms with van der Waals surface area (Å²) in [6, 6.07) is 70.4. The Balaban J connectivity index is 1.07. The molecular formula is C55H33N3OS. The van der Waals surface area contributed by atoms with Gasteiger partial charge in [0.2, 0.25) is 0 Å². The minimum absolute atomic E-state index is 0.581. The summed E-state index contributed by atoms with van der Waals surface area (Å²) in [7, 11) is 0. The number of thiophene rings is 1. The molecule has 5 heteroatoms. The van der Waals surface area contributed by atoms with Gasteiger partial charge >= 0.3 is 0 Å². The lowest BCUT2D eigenvalue weighted by atomic mass is 9.94. The molecule has 60 heavy (non-hydrogen) atoms. The summed E-state index contributed by atoms with van der Waals surface area (Å²) < 4.78 is 8.89. The smallest absolute Gasteiger partial charge is 0.164 e.